The molecule has 0 saturated heterocycles. The maximum absolute atomic E-state index is 2.33. The molecule has 0 heterocycles. The summed E-state index contributed by atoms with van der Waals surface area (Å²) in [5.41, 5.74) is 0. The Kier molecular flexibility index (Phi) is 44.1. The molecule has 0 atom stereocenters. The monoisotopic (exact) mass is 329 g/mol. The van der Waals surface area contributed by atoms with Crippen molar-refractivity contribution in [3.05, 3.63) is 0 Å². The molecule has 22 heavy (non-hydrogen) atoms. The van der Waals surface area contributed by atoms with E-state index in [0.717, 1.165) is 0 Å². The van der Waals surface area contributed by atoms with Gasteiger partial charge in [-0.15, -0.1) is 0 Å². The van der Waals surface area contributed by atoms with E-state index in [-0.39, 0.29) is 27.2 Å². The summed E-state index contributed by atoms with van der Waals surface area (Å²) in [7, 11) is 0. The first-order valence-electron chi connectivity index (χ1n) is 8.09. The van der Waals surface area contributed by atoms with E-state index in [1.54, 1.807) is 0 Å². The summed E-state index contributed by atoms with van der Waals surface area (Å²) >= 11 is 0. The Bertz CT molecular complexity index is 137. The van der Waals surface area contributed by atoms with E-state index in [1.807, 2.05) is 0 Å². The Balaban J connectivity index is -0.000000128. The van der Waals surface area contributed by atoms with Crippen LogP contribution < -0.4 is 18.8 Å². The van der Waals surface area contributed by atoms with Crippen molar-refractivity contribution >= 4 is 8.41 Å². The SMILES string of the molecule is CCCC[N+](CCCC)(CCCC)CCCC.[B+3].[F-].[F-].[F-].[F-]. The number of unbranched alkanes of at least 4 members (excludes halogenated alkanes) is 4. The van der Waals surface area contributed by atoms with Crippen molar-refractivity contribution in [3.8, 4) is 0 Å². The third-order valence-electron chi connectivity index (χ3n) is 3.94. The molecule has 6 heteroatoms. The van der Waals surface area contributed by atoms with Gasteiger partial charge in [0.2, 0.25) is 0 Å². The fraction of sp³-hybridized carbons (Fsp3) is 1.00. The van der Waals surface area contributed by atoms with E-state index in [2.05, 4.69) is 27.7 Å². The number of hydrogen-bond donors (Lipinski definition) is 0. The second-order valence-electron chi connectivity index (χ2n) is 5.65. The van der Waals surface area contributed by atoms with Crippen LogP contribution >= 0.6 is 0 Å². The van der Waals surface area contributed by atoms with Crippen molar-refractivity contribution in [3.63, 3.8) is 0 Å². The fourth-order valence-corrected chi connectivity index (χ4v) is 2.64. The average molecular weight is 329 g/mol. The summed E-state index contributed by atoms with van der Waals surface area (Å²) in [6, 6.07) is 0. The van der Waals surface area contributed by atoms with Crippen molar-refractivity contribution in [1.82, 2.24) is 0 Å². The molecule has 0 unspecified atom stereocenters. The number of quaternary nitrogens is 1. The zero-order valence-corrected chi connectivity index (χ0v) is 15.0. The quantitative estimate of drug-likeness (QED) is 0.190. The molecule has 1 nitrogen and oxygen atoms in total. The van der Waals surface area contributed by atoms with Crippen molar-refractivity contribution in [1.29, 1.82) is 0 Å². The maximum Gasteiger partial charge on any atom is 3.00 e. The molecule has 0 aliphatic carbocycles. The molecule has 0 bridgehead atoms. The van der Waals surface area contributed by atoms with Crippen LogP contribution in [-0.4, -0.2) is 39.1 Å². The molecule has 0 aromatic carbocycles. The van der Waals surface area contributed by atoms with Gasteiger partial charge in [0.15, 0.2) is 0 Å². The molecule has 0 N–H and O–H groups in total. The summed E-state index contributed by atoms with van der Waals surface area (Å²) in [6.07, 6.45) is 11.1. The smallest absolute Gasteiger partial charge is 1.00 e. The van der Waals surface area contributed by atoms with Gasteiger partial charge in [0, 0.05) is 0 Å². The Labute approximate surface area is 137 Å². The first-order valence-corrected chi connectivity index (χ1v) is 8.09. The predicted octanol–water partition coefficient (Wildman–Crippen LogP) is -7.36. The Hall–Kier alpha value is -0.255. The molecule has 0 fully saturated rings. The Morgan fingerprint density at radius 2 is 0.636 bits per heavy atom. The van der Waals surface area contributed by atoms with Crippen LogP contribution in [-0.2, 0) is 0 Å². The minimum Gasteiger partial charge on any atom is -1.00 e. The number of hydrogen-bond acceptors (Lipinski definition) is 0. The molecular formula is C16H36BF4N. The van der Waals surface area contributed by atoms with Crippen LogP contribution in [0.25, 0.3) is 0 Å². The van der Waals surface area contributed by atoms with Crippen LogP contribution in [0.3, 0.4) is 0 Å². The maximum atomic E-state index is 2.33. The van der Waals surface area contributed by atoms with Crippen molar-refractivity contribution in [2.45, 2.75) is 79.1 Å². The minimum atomic E-state index is 0. The van der Waals surface area contributed by atoms with Gasteiger partial charge < -0.3 is 23.3 Å². The minimum absolute atomic E-state index is 0. The molecule has 0 aromatic rings. The zero-order chi connectivity index (χ0) is 13.0. The first kappa shape index (κ1) is 37.7. The van der Waals surface area contributed by atoms with E-state index >= 15 is 0 Å². The van der Waals surface area contributed by atoms with Crippen molar-refractivity contribution < 1.29 is 23.3 Å². The number of nitrogens with zero attached hydrogens (tertiary/aromatic N) is 1. The molecule has 0 spiro atoms. The number of halogens is 4. The molecule has 0 amide bonds. The second kappa shape index (κ2) is 25.7. The predicted molar refractivity (Wildman–Crippen MR) is 85.1 cm³/mol. The van der Waals surface area contributed by atoms with Crippen molar-refractivity contribution in [2.75, 3.05) is 26.2 Å². The molecular weight excluding hydrogens is 293 g/mol. The average Bonchev–Trinajstić information content (AvgIpc) is 2.37. The first-order chi connectivity index (χ1) is 8.24. The van der Waals surface area contributed by atoms with Gasteiger partial charge in [0.05, 0.1) is 26.2 Å². The summed E-state index contributed by atoms with van der Waals surface area (Å²) in [4.78, 5) is 0. The zero-order valence-electron chi connectivity index (χ0n) is 15.0. The van der Waals surface area contributed by atoms with Gasteiger partial charge in [-0.1, -0.05) is 53.4 Å². The van der Waals surface area contributed by atoms with Crippen LogP contribution in [0.4, 0.5) is 0 Å². The third-order valence-corrected chi connectivity index (χ3v) is 3.94. The third kappa shape index (κ3) is 17.8. The normalized spacial score (nSPS) is 9.27. The van der Waals surface area contributed by atoms with Gasteiger partial charge in [-0.05, 0) is 25.7 Å². The molecule has 0 radical (unpaired) electrons. The van der Waals surface area contributed by atoms with Crippen LogP contribution in [0.5, 0.6) is 0 Å². The van der Waals surface area contributed by atoms with Crippen LogP contribution in [0.1, 0.15) is 79.1 Å². The topological polar surface area (TPSA) is 0 Å². The molecule has 0 rings (SSSR count). The molecule has 0 aromatic heterocycles. The van der Waals surface area contributed by atoms with Gasteiger partial charge in [0.1, 0.15) is 0 Å². The van der Waals surface area contributed by atoms with E-state index in [0.29, 0.717) is 0 Å². The van der Waals surface area contributed by atoms with Crippen LogP contribution in [0.2, 0.25) is 0 Å². The fourth-order valence-electron chi connectivity index (χ4n) is 2.64. The van der Waals surface area contributed by atoms with Crippen molar-refractivity contribution in [2.24, 2.45) is 0 Å². The van der Waals surface area contributed by atoms with E-state index in [9.17, 15) is 0 Å². The summed E-state index contributed by atoms with van der Waals surface area (Å²) < 4.78 is 1.42. The summed E-state index contributed by atoms with van der Waals surface area (Å²) in [5.74, 6) is 0. The van der Waals surface area contributed by atoms with E-state index < -0.39 is 0 Å². The summed E-state index contributed by atoms with van der Waals surface area (Å²) in [6.45, 7) is 15.0. The largest absolute Gasteiger partial charge is 3.00 e. The summed E-state index contributed by atoms with van der Waals surface area (Å²) in [5, 5.41) is 0. The van der Waals surface area contributed by atoms with Crippen LogP contribution in [0, 0.1) is 0 Å². The number of rotatable bonds is 12. The molecule has 0 aliphatic rings. The Morgan fingerprint density at radius 1 is 0.455 bits per heavy atom. The molecule has 136 valence electrons. The van der Waals surface area contributed by atoms with Gasteiger partial charge in [0.25, 0.3) is 0 Å². The second-order valence-corrected chi connectivity index (χ2v) is 5.65. The molecule has 0 aliphatic heterocycles. The Morgan fingerprint density at radius 3 is 0.773 bits per heavy atom. The van der Waals surface area contributed by atoms with Gasteiger partial charge in [-0.25, -0.2) is 0 Å². The van der Waals surface area contributed by atoms with E-state index in [1.165, 1.54) is 82.0 Å². The van der Waals surface area contributed by atoms with Crippen LogP contribution in [0.15, 0.2) is 0 Å². The van der Waals surface area contributed by atoms with Gasteiger partial charge in [-0.3, -0.25) is 0 Å². The standard InChI is InChI=1S/C16H36N.B.4FH/c1-5-9-13-17(14-10-6-2,15-11-7-3)16-12-8-4;;;;;/h5-16H2,1-4H3;;4*1H/q+1;+3;;;;/p-4. The van der Waals surface area contributed by atoms with Gasteiger partial charge in [-0.2, -0.15) is 0 Å². The van der Waals surface area contributed by atoms with E-state index in [4.69, 9.17) is 0 Å². The van der Waals surface area contributed by atoms with Gasteiger partial charge >= 0.3 is 8.41 Å². The molecule has 0 saturated carbocycles.